The van der Waals surface area contributed by atoms with E-state index in [1.165, 1.54) is 18.2 Å². The van der Waals surface area contributed by atoms with Gasteiger partial charge in [0.05, 0.1) is 10.5 Å². The van der Waals surface area contributed by atoms with Gasteiger partial charge in [-0.3, -0.25) is 10.1 Å². The lowest BCUT2D eigenvalue weighted by Gasteiger charge is -2.11. The van der Waals surface area contributed by atoms with Crippen LogP contribution < -0.4 is 5.32 Å². The van der Waals surface area contributed by atoms with E-state index in [0.717, 1.165) is 5.56 Å². The summed E-state index contributed by atoms with van der Waals surface area (Å²) in [5, 5.41) is 22.9. The van der Waals surface area contributed by atoms with Gasteiger partial charge in [0.2, 0.25) is 0 Å². The van der Waals surface area contributed by atoms with Crippen molar-refractivity contribution in [1.29, 1.82) is 0 Å². The number of carboxylic acids is 1. The summed E-state index contributed by atoms with van der Waals surface area (Å²) in [6.45, 7) is 3.53. The van der Waals surface area contributed by atoms with Crippen molar-refractivity contribution >= 4 is 23.0 Å². The van der Waals surface area contributed by atoms with Crippen molar-refractivity contribution in [3.63, 3.8) is 0 Å². The number of non-ortho nitro benzene ring substituents is 1. The molecular formula is C15H14N2O4. The van der Waals surface area contributed by atoms with Crippen molar-refractivity contribution in [3.8, 4) is 0 Å². The Hall–Kier alpha value is -2.89. The van der Waals surface area contributed by atoms with Gasteiger partial charge in [0.15, 0.2) is 0 Å². The standard InChI is InChI=1S/C15H14N2O4/c1-9-3-5-11(7-13(9)15(18)19)16-14-8-12(17(20)21)6-4-10(14)2/h3-8,16H,1-2H3,(H,18,19). The summed E-state index contributed by atoms with van der Waals surface area (Å²) in [5.74, 6) is -1.01. The van der Waals surface area contributed by atoms with Crippen LogP contribution >= 0.6 is 0 Å². The molecule has 21 heavy (non-hydrogen) atoms. The molecule has 0 amide bonds. The molecule has 0 saturated heterocycles. The normalized spacial score (nSPS) is 10.2. The number of carbonyl (C=O) groups is 1. The highest BCUT2D eigenvalue weighted by molar-refractivity contribution is 5.91. The number of anilines is 2. The Morgan fingerprint density at radius 3 is 2.43 bits per heavy atom. The molecule has 0 aliphatic carbocycles. The number of rotatable bonds is 4. The van der Waals surface area contributed by atoms with Gasteiger partial charge in [-0.2, -0.15) is 0 Å². The zero-order valence-corrected chi connectivity index (χ0v) is 11.6. The Bertz CT molecular complexity index is 726. The fraction of sp³-hybridized carbons (Fsp3) is 0.133. The third kappa shape index (κ3) is 3.17. The Morgan fingerprint density at radius 2 is 1.81 bits per heavy atom. The van der Waals surface area contributed by atoms with Crippen LogP contribution in [0, 0.1) is 24.0 Å². The molecule has 0 saturated carbocycles. The molecule has 0 aromatic heterocycles. The van der Waals surface area contributed by atoms with E-state index in [-0.39, 0.29) is 11.3 Å². The summed E-state index contributed by atoms with van der Waals surface area (Å²) in [6.07, 6.45) is 0. The fourth-order valence-corrected chi connectivity index (χ4v) is 1.94. The van der Waals surface area contributed by atoms with Crippen LogP contribution in [0.25, 0.3) is 0 Å². The molecule has 108 valence electrons. The van der Waals surface area contributed by atoms with E-state index in [1.54, 1.807) is 25.1 Å². The number of nitro groups is 1. The number of carboxylic acid groups (broad SMARTS) is 1. The number of aromatic carboxylic acids is 1. The van der Waals surface area contributed by atoms with Crippen LogP contribution in [0.4, 0.5) is 17.1 Å². The van der Waals surface area contributed by atoms with Crippen molar-refractivity contribution in [1.82, 2.24) is 0 Å². The van der Waals surface area contributed by atoms with Gasteiger partial charge >= 0.3 is 5.97 Å². The number of nitro benzene ring substituents is 1. The summed E-state index contributed by atoms with van der Waals surface area (Å²) in [4.78, 5) is 21.5. The molecule has 0 aliphatic heterocycles. The first-order valence-corrected chi connectivity index (χ1v) is 6.24. The number of hydrogen-bond acceptors (Lipinski definition) is 4. The minimum absolute atomic E-state index is 0.0198. The molecule has 2 N–H and O–H groups in total. The Morgan fingerprint density at radius 1 is 1.14 bits per heavy atom. The molecule has 0 bridgehead atoms. The third-order valence-electron chi connectivity index (χ3n) is 3.18. The lowest BCUT2D eigenvalue weighted by atomic mass is 10.1. The Balaban J connectivity index is 2.38. The first kappa shape index (κ1) is 14.5. The number of nitrogens with zero attached hydrogens (tertiary/aromatic N) is 1. The summed E-state index contributed by atoms with van der Waals surface area (Å²) < 4.78 is 0. The van der Waals surface area contributed by atoms with Gasteiger partial charge in [-0.1, -0.05) is 12.1 Å². The molecule has 2 aromatic carbocycles. The third-order valence-corrected chi connectivity index (χ3v) is 3.18. The van der Waals surface area contributed by atoms with Crippen LogP contribution in [-0.4, -0.2) is 16.0 Å². The molecule has 6 nitrogen and oxygen atoms in total. The number of hydrogen-bond donors (Lipinski definition) is 2. The van der Waals surface area contributed by atoms with E-state index in [4.69, 9.17) is 5.11 Å². The van der Waals surface area contributed by atoms with Gasteiger partial charge in [0, 0.05) is 23.5 Å². The summed E-state index contributed by atoms with van der Waals surface area (Å²) >= 11 is 0. The minimum Gasteiger partial charge on any atom is -0.478 e. The molecule has 0 atom stereocenters. The predicted octanol–water partition coefficient (Wildman–Crippen LogP) is 3.65. The molecule has 6 heteroatoms. The summed E-state index contributed by atoms with van der Waals surface area (Å²) in [5.41, 5.74) is 2.81. The molecular weight excluding hydrogens is 272 g/mol. The lowest BCUT2D eigenvalue weighted by Crippen LogP contribution is -2.02. The average molecular weight is 286 g/mol. The Kier molecular flexibility index (Phi) is 3.89. The molecule has 0 aliphatic rings. The van der Waals surface area contributed by atoms with Crippen LogP contribution in [-0.2, 0) is 0 Å². The van der Waals surface area contributed by atoms with Gasteiger partial charge < -0.3 is 10.4 Å². The van der Waals surface area contributed by atoms with Crippen molar-refractivity contribution in [2.45, 2.75) is 13.8 Å². The van der Waals surface area contributed by atoms with E-state index < -0.39 is 10.9 Å². The minimum atomic E-state index is -1.01. The quantitative estimate of drug-likeness (QED) is 0.661. The highest BCUT2D eigenvalue weighted by Gasteiger charge is 2.11. The van der Waals surface area contributed by atoms with Gasteiger partial charge in [0.1, 0.15) is 0 Å². The number of nitrogens with one attached hydrogen (secondary N) is 1. The second kappa shape index (κ2) is 5.62. The smallest absolute Gasteiger partial charge is 0.336 e. The van der Waals surface area contributed by atoms with Gasteiger partial charge in [-0.05, 0) is 37.1 Å². The predicted molar refractivity (Wildman–Crippen MR) is 79.3 cm³/mol. The van der Waals surface area contributed by atoms with E-state index in [9.17, 15) is 14.9 Å². The molecule has 2 rings (SSSR count). The van der Waals surface area contributed by atoms with E-state index in [1.807, 2.05) is 6.92 Å². The number of aryl methyl sites for hydroxylation is 2. The average Bonchev–Trinajstić information content (AvgIpc) is 2.42. The first-order chi connectivity index (χ1) is 9.88. The molecule has 0 unspecified atom stereocenters. The van der Waals surface area contributed by atoms with Gasteiger partial charge in [-0.25, -0.2) is 4.79 Å². The van der Waals surface area contributed by atoms with Crippen LogP contribution in [0.1, 0.15) is 21.5 Å². The summed E-state index contributed by atoms with van der Waals surface area (Å²) in [7, 11) is 0. The molecule has 0 fully saturated rings. The van der Waals surface area contributed by atoms with E-state index >= 15 is 0 Å². The summed E-state index contributed by atoms with van der Waals surface area (Å²) in [6, 6.07) is 9.44. The molecule has 0 heterocycles. The van der Waals surface area contributed by atoms with Crippen molar-refractivity contribution < 1.29 is 14.8 Å². The van der Waals surface area contributed by atoms with Crippen LogP contribution in [0.5, 0.6) is 0 Å². The fourth-order valence-electron chi connectivity index (χ4n) is 1.94. The maximum atomic E-state index is 11.1. The maximum Gasteiger partial charge on any atom is 0.336 e. The first-order valence-electron chi connectivity index (χ1n) is 6.24. The lowest BCUT2D eigenvalue weighted by molar-refractivity contribution is -0.384. The van der Waals surface area contributed by atoms with Crippen molar-refractivity contribution in [2.24, 2.45) is 0 Å². The maximum absolute atomic E-state index is 11.1. The second-order valence-corrected chi connectivity index (χ2v) is 4.72. The van der Waals surface area contributed by atoms with Gasteiger partial charge in [-0.15, -0.1) is 0 Å². The van der Waals surface area contributed by atoms with Crippen LogP contribution in [0.2, 0.25) is 0 Å². The molecule has 0 spiro atoms. The Labute approximate surface area is 121 Å². The molecule has 2 aromatic rings. The van der Waals surface area contributed by atoms with E-state index in [2.05, 4.69) is 5.32 Å². The van der Waals surface area contributed by atoms with Crippen molar-refractivity contribution in [2.75, 3.05) is 5.32 Å². The highest BCUT2D eigenvalue weighted by Crippen LogP contribution is 2.26. The van der Waals surface area contributed by atoms with Gasteiger partial charge in [0.25, 0.3) is 5.69 Å². The van der Waals surface area contributed by atoms with Crippen LogP contribution in [0.15, 0.2) is 36.4 Å². The monoisotopic (exact) mass is 286 g/mol. The van der Waals surface area contributed by atoms with Crippen molar-refractivity contribution in [3.05, 3.63) is 63.2 Å². The largest absolute Gasteiger partial charge is 0.478 e. The highest BCUT2D eigenvalue weighted by atomic mass is 16.6. The number of benzene rings is 2. The zero-order chi connectivity index (χ0) is 15.6. The SMILES string of the molecule is Cc1ccc([N+](=O)[O-])cc1Nc1ccc(C)c(C(=O)O)c1. The molecule has 0 radical (unpaired) electrons. The zero-order valence-electron chi connectivity index (χ0n) is 11.6. The second-order valence-electron chi connectivity index (χ2n) is 4.72. The van der Waals surface area contributed by atoms with E-state index in [0.29, 0.717) is 16.9 Å². The van der Waals surface area contributed by atoms with Crippen LogP contribution in [0.3, 0.4) is 0 Å². The topological polar surface area (TPSA) is 92.5 Å².